The number of carbonyl (C=O) groups is 8. The number of fused-ring (bicyclic) bond motifs is 6. The van der Waals surface area contributed by atoms with Gasteiger partial charge in [-0.05, 0) is 181 Å². The SMILES string of the molecule is CCOC(=O)CCCN1CCO[C@H](CN)C1.CCOC(=O)CCCN1CCO[C@H](CNC(=O)c2cc(Cl)c(N)cc2OCC)C1.CCOc1cc(N)c(Cl)cc1C(=O)NC[C@@H]1CN(CCCC(=O)OC2CN3CCC2CC3)CCO1.CCOc1cc(N)c(Cl)cc1C(=O)NC[C@@H]1CN(CCCC(=O)O[C@H]2CN3CCC2CC3)CCO1.CCOc1cc(N)c(Cl)cc1C(=O)O. The number of hydrogen-bond acceptors (Lipinski definition) is 31. The molecule has 0 aliphatic carbocycles. The number of anilines is 4. The molecule has 0 aromatic heterocycles. The van der Waals surface area contributed by atoms with Crippen LogP contribution in [-0.2, 0) is 57.1 Å². The van der Waals surface area contributed by atoms with E-state index in [0.29, 0.717) is 215 Å². The zero-order valence-electron chi connectivity index (χ0n) is 75.5. The minimum atomic E-state index is -1.09. The number of morpholine rings is 4. The minimum absolute atomic E-state index is 0.0195. The Hall–Kier alpha value is -8.24. The number of ether oxygens (including phenoxy) is 12. The van der Waals surface area contributed by atoms with E-state index in [9.17, 15) is 38.4 Å². The third-order valence-electron chi connectivity index (χ3n) is 23.0. The summed E-state index contributed by atoms with van der Waals surface area (Å²) < 4.78 is 66.0. The Bertz CT molecular complexity index is 4070. The van der Waals surface area contributed by atoms with Gasteiger partial charge < -0.3 is 107 Å². The first-order chi connectivity index (χ1) is 62.1. The number of halogens is 4. The van der Waals surface area contributed by atoms with Crippen molar-refractivity contribution in [2.45, 2.75) is 155 Å². The topological polar surface area (TPSA) is 453 Å². The van der Waals surface area contributed by atoms with Crippen molar-refractivity contribution >= 4 is 117 Å². The van der Waals surface area contributed by atoms with Gasteiger partial charge in [0, 0.05) is 142 Å². The third kappa shape index (κ3) is 36.0. The van der Waals surface area contributed by atoms with E-state index in [2.05, 4.69) is 45.3 Å². The van der Waals surface area contributed by atoms with Crippen molar-refractivity contribution in [3.8, 4) is 23.0 Å². The molecule has 10 aliphatic rings. The standard InChI is InChI=1S/2C25H37ClN4O5.C20H30ClN3O5.C11H22N2O3.C9H10ClNO3/c2*1-2-33-22-13-21(27)20(26)12-19(22)25(32)28-14-18-15-29(10-11-34-18)7-3-4-24(31)35-23-16-30-8-5-17(23)6-9-30;1-3-27-18-11-17(22)16(21)10-15(18)20(26)23-12-14-13-24(8-9-29-14)7-5-6-19(25)28-4-2;1-2-15-11(14)4-3-5-13-6-7-16-10(8-12)9-13;1-2-14-8-4-7(11)6(10)3-5(8)9(12)13/h2*12-13,17-18,23H,2-11,14-16,27H2,1H3,(H,28,32);10-11,14H,3-9,12-13,22H2,1-2H3,(H,23,26);10H,2-9,12H2,1H3;3-4H,2,11H2,1H3,(H,12,13)/t18-,23?;18-,23+;14-;10-;/m1111./s1. The maximum atomic E-state index is 12.8. The Morgan fingerprint density at radius 2 is 0.651 bits per heavy atom. The van der Waals surface area contributed by atoms with Crippen LogP contribution in [0.25, 0.3) is 0 Å². The van der Waals surface area contributed by atoms with E-state index in [4.69, 9.17) is 137 Å². The summed E-state index contributed by atoms with van der Waals surface area (Å²) in [6.07, 6.45) is 9.30. The molecule has 6 atom stereocenters. The first-order valence-corrected chi connectivity index (χ1v) is 46.8. The van der Waals surface area contributed by atoms with E-state index in [1.807, 2.05) is 27.7 Å². The molecular formula is C90H136Cl4N14O21. The maximum absolute atomic E-state index is 12.8. The molecule has 35 nitrogen and oxygen atoms in total. The molecule has 39 heteroatoms. The molecule has 14 N–H and O–H groups in total. The summed E-state index contributed by atoms with van der Waals surface area (Å²) in [6, 6.07) is 12.0. The highest BCUT2D eigenvalue weighted by atomic mass is 35.5. The van der Waals surface area contributed by atoms with Crippen molar-refractivity contribution in [2.75, 3.05) is 233 Å². The number of nitrogens with two attached hydrogens (primary N) is 5. The van der Waals surface area contributed by atoms with Gasteiger partial charge in [0.15, 0.2) is 0 Å². The molecule has 3 amide bonds. The average Bonchev–Trinajstić information content (AvgIpc) is 0.844. The number of rotatable bonds is 39. The molecule has 4 aromatic carbocycles. The summed E-state index contributed by atoms with van der Waals surface area (Å²) in [7, 11) is 0. The molecule has 129 heavy (non-hydrogen) atoms. The smallest absolute Gasteiger partial charge is 0.339 e. The van der Waals surface area contributed by atoms with E-state index in [-0.39, 0.29) is 94.6 Å². The molecule has 0 radical (unpaired) electrons. The number of aromatic carboxylic acids is 1. The fraction of sp³-hybridized carbons (Fsp3) is 0.644. The van der Waals surface area contributed by atoms with E-state index in [1.165, 1.54) is 30.3 Å². The number of esters is 4. The molecule has 0 saturated carbocycles. The molecule has 14 rings (SSSR count). The van der Waals surface area contributed by atoms with Gasteiger partial charge in [-0.3, -0.25) is 63.0 Å². The molecule has 10 fully saturated rings. The van der Waals surface area contributed by atoms with Gasteiger partial charge in [0.1, 0.15) is 40.8 Å². The number of carboxylic acid groups (broad SMARTS) is 1. The lowest BCUT2D eigenvalue weighted by Gasteiger charge is -2.43. The van der Waals surface area contributed by atoms with Crippen LogP contribution in [0.1, 0.15) is 160 Å². The molecule has 10 saturated heterocycles. The number of carboxylic acids is 1. The number of benzene rings is 4. The van der Waals surface area contributed by atoms with Crippen LogP contribution in [0.15, 0.2) is 48.5 Å². The zero-order chi connectivity index (χ0) is 93.3. The molecule has 10 aliphatic heterocycles. The second-order valence-corrected chi connectivity index (χ2v) is 34.0. The monoisotopic (exact) mass is 1890 g/mol. The Balaban J connectivity index is 0.000000207. The second-order valence-electron chi connectivity index (χ2n) is 32.4. The number of nitrogens with zero attached hydrogens (tertiary/aromatic N) is 6. The van der Waals surface area contributed by atoms with E-state index >= 15 is 0 Å². The van der Waals surface area contributed by atoms with Crippen molar-refractivity contribution in [2.24, 2.45) is 17.6 Å². The zero-order valence-corrected chi connectivity index (χ0v) is 78.6. The predicted molar refractivity (Wildman–Crippen MR) is 494 cm³/mol. The van der Waals surface area contributed by atoms with Crippen molar-refractivity contribution < 1.29 is 100 Å². The summed E-state index contributed by atoms with van der Waals surface area (Å²) in [5.74, 6) is 0.113. The van der Waals surface area contributed by atoms with Gasteiger partial charge in [-0.25, -0.2) is 4.79 Å². The lowest BCUT2D eigenvalue weighted by atomic mass is 9.86. The largest absolute Gasteiger partial charge is 0.493 e. The number of nitrogen functional groups attached to an aromatic ring is 4. The quantitative estimate of drug-likeness (QED) is 0.0115. The Morgan fingerprint density at radius 1 is 0.380 bits per heavy atom. The number of nitrogens with one attached hydrogen (secondary N) is 3. The highest BCUT2D eigenvalue weighted by molar-refractivity contribution is 6.35. The average molecular weight is 1890 g/mol. The van der Waals surface area contributed by atoms with E-state index in [1.54, 1.807) is 32.0 Å². The van der Waals surface area contributed by atoms with Gasteiger partial charge in [-0.15, -0.1) is 0 Å². The Labute approximate surface area is 777 Å². The summed E-state index contributed by atoms with van der Waals surface area (Å²) >= 11 is 24.0. The molecular weight excluding hydrogens is 1750 g/mol. The fourth-order valence-corrected chi connectivity index (χ4v) is 16.9. The van der Waals surface area contributed by atoms with Crippen LogP contribution in [0, 0.1) is 11.8 Å². The second kappa shape index (κ2) is 56.6. The molecule has 1 unspecified atom stereocenters. The van der Waals surface area contributed by atoms with Crippen molar-refractivity contribution in [3.63, 3.8) is 0 Å². The van der Waals surface area contributed by atoms with Crippen LogP contribution in [-0.4, -0.2) is 329 Å². The highest BCUT2D eigenvalue weighted by Gasteiger charge is 2.39. The van der Waals surface area contributed by atoms with E-state index in [0.717, 1.165) is 156 Å². The van der Waals surface area contributed by atoms with Gasteiger partial charge >= 0.3 is 29.8 Å². The van der Waals surface area contributed by atoms with Gasteiger partial charge in [0.05, 0.1) is 150 Å². The van der Waals surface area contributed by atoms with Crippen LogP contribution in [0.2, 0.25) is 20.1 Å². The molecule has 4 bridgehead atoms. The van der Waals surface area contributed by atoms with Gasteiger partial charge in [-0.1, -0.05) is 46.4 Å². The van der Waals surface area contributed by atoms with Crippen LogP contribution in [0.5, 0.6) is 23.0 Å². The molecule has 10 heterocycles. The molecule has 0 spiro atoms. The fourth-order valence-electron chi connectivity index (χ4n) is 16.2. The number of piperidine rings is 6. The van der Waals surface area contributed by atoms with Crippen molar-refractivity contribution in [1.82, 2.24) is 45.3 Å². The molecule has 720 valence electrons. The number of amides is 3. The van der Waals surface area contributed by atoms with Crippen molar-refractivity contribution in [1.29, 1.82) is 0 Å². The third-order valence-corrected chi connectivity index (χ3v) is 24.3. The minimum Gasteiger partial charge on any atom is -0.493 e. The first kappa shape index (κ1) is 106. The maximum Gasteiger partial charge on any atom is 0.339 e. The van der Waals surface area contributed by atoms with Gasteiger partial charge in [0.25, 0.3) is 17.7 Å². The highest BCUT2D eigenvalue weighted by Crippen LogP contribution is 2.36. The Morgan fingerprint density at radius 3 is 0.915 bits per heavy atom. The van der Waals surface area contributed by atoms with Crippen LogP contribution in [0.3, 0.4) is 0 Å². The number of carbonyl (C=O) groups excluding carboxylic acids is 7. The first-order valence-electron chi connectivity index (χ1n) is 45.3. The lowest BCUT2D eigenvalue weighted by Crippen LogP contribution is -2.52. The van der Waals surface area contributed by atoms with Crippen molar-refractivity contribution in [3.05, 3.63) is 90.9 Å². The van der Waals surface area contributed by atoms with Crippen LogP contribution < -0.4 is 63.6 Å². The van der Waals surface area contributed by atoms with E-state index < -0.39 is 5.97 Å². The summed E-state index contributed by atoms with van der Waals surface area (Å²) in [5, 5.41) is 18.7. The number of hydrogen-bond donors (Lipinski definition) is 9. The van der Waals surface area contributed by atoms with Crippen LogP contribution >= 0.6 is 46.4 Å². The summed E-state index contributed by atoms with van der Waals surface area (Å²) in [4.78, 5) is 110. The Kier molecular flexibility index (Phi) is 46.6. The lowest BCUT2D eigenvalue weighted by molar-refractivity contribution is -0.159. The van der Waals surface area contributed by atoms with Gasteiger partial charge in [0.2, 0.25) is 0 Å². The predicted octanol–water partition coefficient (Wildman–Crippen LogP) is 8.44. The van der Waals surface area contributed by atoms with Crippen LogP contribution in [0.4, 0.5) is 22.7 Å². The van der Waals surface area contributed by atoms with Gasteiger partial charge in [-0.2, -0.15) is 0 Å². The molecule has 4 aromatic rings. The summed E-state index contributed by atoms with van der Waals surface area (Å²) in [6.45, 7) is 33.4. The normalized spacial score (nSPS) is 21.9. The summed E-state index contributed by atoms with van der Waals surface area (Å²) in [5.41, 5.74) is 31.0.